The Morgan fingerprint density at radius 1 is 1.10 bits per heavy atom. The number of sulfonamides is 1. The average molecular weight is 461 g/mol. The van der Waals surface area contributed by atoms with E-state index in [1.807, 2.05) is 32.0 Å². The Bertz CT molecular complexity index is 1140. The lowest BCUT2D eigenvalue weighted by Crippen LogP contribution is -2.35. The molecule has 0 saturated carbocycles. The summed E-state index contributed by atoms with van der Waals surface area (Å²) in [6.45, 7) is 3.76. The largest absolute Gasteiger partial charge is 0.491 e. The molecule has 3 N–H and O–H groups in total. The summed E-state index contributed by atoms with van der Waals surface area (Å²) in [6.07, 6.45) is -0.949. The van der Waals surface area contributed by atoms with E-state index in [0.717, 1.165) is 22.5 Å². The maximum atomic E-state index is 12.7. The standard InChI is InChI=1S/C22H24N2O5S2/c1-15-6-8-17(9-7-15)24-31(27,28)20-10-11-30-21(20)22(26)23-13-18(25)14-29-19-5-3-4-16(2)12-19/h3-12,18,24-25H,13-14H2,1-2H3,(H,23,26). The second-order valence-electron chi connectivity index (χ2n) is 7.08. The maximum Gasteiger partial charge on any atom is 0.263 e. The van der Waals surface area contributed by atoms with Gasteiger partial charge in [0.25, 0.3) is 15.9 Å². The first-order chi connectivity index (χ1) is 14.7. The number of rotatable bonds is 9. The van der Waals surface area contributed by atoms with Gasteiger partial charge in [-0.15, -0.1) is 11.3 Å². The molecule has 0 radical (unpaired) electrons. The molecule has 0 bridgehead atoms. The lowest BCUT2D eigenvalue weighted by molar-refractivity contribution is 0.0844. The van der Waals surface area contributed by atoms with E-state index in [1.54, 1.807) is 30.3 Å². The molecule has 1 aromatic heterocycles. The van der Waals surface area contributed by atoms with E-state index < -0.39 is 22.0 Å². The van der Waals surface area contributed by atoms with Gasteiger partial charge < -0.3 is 15.2 Å². The SMILES string of the molecule is Cc1ccc(NS(=O)(=O)c2ccsc2C(=O)NCC(O)COc2cccc(C)c2)cc1. The van der Waals surface area contributed by atoms with Crippen molar-refractivity contribution in [2.24, 2.45) is 0 Å². The molecule has 0 spiro atoms. The van der Waals surface area contributed by atoms with Crippen LogP contribution in [0.25, 0.3) is 0 Å². The number of amides is 1. The molecular formula is C22H24N2O5S2. The van der Waals surface area contributed by atoms with Crippen molar-refractivity contribution in [3.63, 3.8) is 0 Å². The maximum absolute atomic E-state index is 12.7. The summed E-state index contributed by atoms with van der Waals surface area (Å²) in [6, 6.07) is 15.7. The van der Waals surface area contributed by atoms with Crippen LogP contribution in [0.4, 0.5) is 5.69 Å². The molecule has 164 valence electrons. The minimum Gasteiger partial charge on any atom is -0.491 e. The topological polar surface area (TPSA) is 105 Å². The molecule has 0 saturated heterocycles. The number of aryl methyl sites for hydroxylation is 2. The molecule has 1 heterocycles. The van der Waals surface area contributed by atoms with Gasteiger partial charge in [-0.05, 0) is 55.1 Å². The zero-order valence-corrected chi connectivity index (χ0v) is 18.8. The van der Waals surface area contributed by atoms with Crippen molar-refractivity contribution in [3.8, 4) is 5.75 Å². The second-order valence-corrected chi connectivity index (χ2v) is 9.64. The van der Waals surface area contributed by atoms with Gasteiger partial charge in [0.2, 0.25) is 0 Å². The minimum absolute atomic E-state index is 0.00565. The van der Waals surface area contributed by atoms with E-state index in [0.29, 0.717) is 11.4 Å². The number of nitrogens with one attached hydrogen (secondary N) is 2. The van der Waals surface area contributed by atoms with E-state index in [-0.39, 0.29) is 22.9 Å². The number of hydrogen-bond donors (Lipinski definition) is 3. The van der Waals surface area contributed by atoms with Crippen LogP contribution in [0.1, 0.15) is 20.8 Å². The first-order valence-electron chi connectivity index (χ1n) is 9.57. The number of aliphatic hydroxyl groups is 1. The first-order valence-corrected chi connectivity index (χ1v) is 11.9. The molecule has 31 heavy (non-hydrogen) atoms. The molecule has 1 unspecified atom stereocenters. The molecule has 1 amide bonds. The molecule has 3 rings (SSSR count). The highest BCUT2D eigenvalue weighted by Crippen LogP contribution is 2.24. The van der Waals surface area contributed by atoms with Crippen molar-refractivity contribution in [3.05, 3.63) is 76.0 Å². The Balaban J connectivity index is 1.59. The van der Waals surface area contributed by atoms with Gasteiger partial charge in [0.15, 0.2) is 0 Å². The lowest BCUT2D eigenvalue weighted by Gasteiger charge is -2.14. The van der Waals surface area contributed by atoms with Crippen LogP contribution in [-0.4, -0.2) is 38.7 Å². The minimum atomic E-state index is -3.94. The monoisotopic (exact) mass is 460 g/mol. The van der Waals surface area contributed by atoms with Crippen LogP contribution >= 0.6 is 11.3 Å². The van der Waals surface area contributed by atoms with Gasteiger partial charge in [-0.1, -0.05) is 29.8 Å². The van der Waals surface area contributed by atoms with E-state index in [4.69, 9.17) is 4.74 Å². The molecule has 0 aliphatic carbocycles. The molecular weight excluding hydrogens is 436 g/mol. The fourth-order valence-corrected chi connectivity index (χ4v) is 5.16. The number of hydrogen-bond acceptors (Lipinski definition) is 6. The number of carbonyl (C=O) groups excluding carboxylic acids is 1. The number of benzene rings is 2. The lowest BCUT2D eigenvalue weighted by atomic mass is 10.2. The number of ether oxygens (including phenoxy) is 1. The highest BCUT2D eigenvalue weighted by Gasteiger charge is 2.24. The molecule has 7 nitrogen and oxygen atoms in total. The fourth-order valence-electron chi connectivity index (χ4n) is 2.75. The predicted octanol–water partition coefficient (Wildman–Crippen LogP) is 3.34. The van der Waals surface area contributed by atoms with Crippen molar-refractivity contribution in [1.82, 2.24) is 5.32 Å². The summed E-state index contributed by atoms with van der Waals surface area (Å²) >= 11 is 1.02. The zero-order chi connectivity index (χ0) is 22.4. The van der Waals surface area contributed by atoms with Crippen molar-refractivity contribution in [2.45, 2.75) is 24.8 Å². The van der Waals surface area contributed by atoms with Gasteiger partial charge in [-0.25, -0.2) is 8.42 Å². The fraction of sp³-hybridized carbons (Fsp3) is 0.227. The van der Waals surface area contributed by atoms with Gasteiger partial charge >= 0.3 is 0 Å². The Kier molecular flexibility index (Phi) is 7.32. The van der Waals surface area contributed by atoms with Gasteiger partial charge in [0.05, 0.1) is 0 Å². The summed E-state index contributed by atoms with van der Waals surface area (Å²) in [5.41, 5.74) is 2.45. The Hall–Kier alpha value is -2.88. The van der Waals surface area contributed by atoms with Crippen LogP contribution in [0.2, 0.25) is 0 Å². The quantitative estimate of drug-likeness (QED) is 0.454. The summed E-state index contributed by atoms with van der Waals surface area (Å²) in [5.74, 6) is 0.0491. The van der Waals surface area contributed by atoms with Crippen LogP contribution in [0.15, 0.2) is 64.9 Å². The van der Waals surface area contributed by atoms with Gasteiger partial charge in [-0.2, -0.15) is 0 Å². The first kappa shape index (κ1) is 22.8. The number of thiophene rings is 1. The van der Waals surface area contributed by atoms with Crippen LogP contribution in [0, 0.1) is 13.8 Å². The van der Waals surface area contributed by atoms with Gasteiger partial charge in [-0.3, -0.25) is 9.52 Å². The van der Waals surface area contributed by atoms with Gasteiger partial charge in [0.1, 0.15) is 28.2 Å². The van der Waals surface area contributed by atoms with E-state index >= 15 is 0 Å². The van der Waals surface area contributed by atoms with Crippen LogP contribution in [0.3, 0.4) is 0 Å². The summed E-state index contributed by atoms with van der Waals surface area (Å²) in [4.78, 5) is 12.5. The molecule has 0 aliphatic rings. The van der Waals surface area contributed by atoms with E-state index in [1.165, 1.54) is 11.4 Å². The number of aliphatic hydroxyl groups excluding tert-OH is 1. The van der Waals surface area contributed by atoms with Crippen LogP contribution in [0.5, 0.6) is 5.75 Å². The van der Waals surface area contributed by atoms with Crippen LogP contribution < -0.4 is 14.8 Å². The van der Waals surface area contributed by atoms with E-state index in [2.05, 4.69) is 10.0 Å². The summed E-state index contributed by atoms with van der Waals surface area (Å²) in [5, 5.41) is 14.2. The third-order valence-electron chi connectivity index (χ3n) is 4.36. The van der Waals surface area contributed by atoms with Gasteiger partial charge in [0, 0.05) is 12.2 Å². The molecule has 9 heteroatoms. The number of carbonyl (C=O) groups is 1. The predicted molar refractivity (Wildman–Crippen MR) is 121 cm³/mol. The molecule has 1 atom stereocenters. The normalized spacial score (nSPS) is 12.2. The molecule has 0 fully saturated rings. The molecule has 3 aromatic rings. The van der Waals surface area contributed by atoms with Crippen molar-refractivity contribution < 1.29 is 23.1 Å². The summed E-state index contributed by atoms with van der Waals surface area (Å²) in [7, 11) is -3.94. The Morgan fingerprint density at radius 3 is 2.55 bits per heavy atom. The average Bonchev–Trinajstić information content (AvgIpc) is 3.23. The highest BCUT2D eigenvalue weighted by atomic mass is 32.2. The smallest absolute Gasteiger partial charge is 0.263 e. The van der Waals surface area contributed by atoms with Crippen LogP contribution in [-0.2, 0) is 10.0 Å². The Morgan fingerprint density at radius 2 is 1.84 bits per heavy atom. The Labute approximate surface area is 185 Å². The van der Waals surface area contributed by atoms with Crippen molar-refractivity contribution in [2.75, 3.05) is 17.9 Å². The highest BCUT2D eigenvalue weighted by molar-refractivity contribution is 7.93. The number of anilines is 1. The third-order valence-corrected chi connectivity index (χ3v) is 6.82. The van der Waals surface area contributed by atoms with E-state index in [9.17, 15) is 18.3 Å². The zero-order valence-electron chi connectivity index (χ0n) is 17.2. The van der Waals surface area contributed by atoms with Crippen molar-refractivity contribution in [1.29, 1.82) is 0 Å². The van der Waals surface area contributed by atoms with Crippen molar-refractivity contribution >= 4 is 33.0 Å². The third kappa shape index (κ3) is 6.30. The second kappa shape index (κ2) is 9.95. The molecule has 0 aliphatic heterocycles. The molecule has 2 aromatic carbocycles. The summed E-state index contributed by atoms with van der Waals surface area (Å²) < 4.78 is 33.5.